The molecule has 0 saturated carbocycles. The summed E-state index contributed by atoms with van der Waals surface area (Å²) in [4.78, 5) is 27.7. The van der Waals surface area contributed by atoms with E-state index >= 15 is 0 Å². The van der Waals surface area contributed by atoms with Gasteiger partial charge in [-0.3, -0.25) is 9.68 Å². The molecule has 0 aliphatic carbocycles. The van der Waals surface area contributed by atoms with Crippen molar-refractivity contribution >= 4 is 22.0 Å². The van der Waals surface area contributed by atoms with Gasteiger partial charge in [-0.05, 0) is 35.7 Å². The normalized spacial score (nSPS) is 11.2. The largest absolute Gasteiger partial charge is 0.356 e. The number of benzene rings is 1. The molecule has 0 unspecified atom stereocenters. The van der Waals surface area contributed by atoms with Crippen molar-refractivity contribution in [3.05, 3.63) is 30.3 Å². The summed E-state index contributed by atoms with van der Waals surface area (Å²) in [7, 11) is -4.11. The Morgan fingerprint density at radius 3 is 2.13 bits per heavy atom. The fraction of sp³-hybridized carbons (Fsp3) is 0.636. The maximum absolute atomic E-state index is 11.8. The molecule has 1 rings (SSSR count). The van der Waals surface area contributed by atoms with E-state index in [0.29, 0.717) is 19.4 Å². The van der Waals surface area contributed by atoms with Crippen molar-refractivity contribution < 1.29 is 27.2 Å². The van der Waals surface area contributed by atoms with E-state index in [1.807, 2.05) is 0 Å². The van der Waals surface area contributed by atoms with E-state index in [1.54, 1.807) is 18.2 Å². The lowest BCUT2D eigenvalue weighted by atomic mass is 10.1. The first-order chi connectivity index (χ1) is 14.5. The van der Waals surface area contributed by atoms with Gasteiger partial charge in [0.1, 0.15) is 0 Å². The van der Waals surface area contributed by atoms with Crippen molar-refractivity contribution in [3.63, 3.8) is 0 Å². The van der Waals surface area contributed by atoms with E-state index in [-0.39, 0.29) is 17.2 Å². The highest BCUT2D eigenvalue weighted by molar-refractivity contribution is 7.86. The number of amides is 1. The second-order valence-electron chi connectivity index (χ2n) is 7.32. The molecule has 0 radical (unpaired) electrons. The van der Waals surface area contributed by atoms with Crippen LogP contribution in [0.2, 0.25) is 0 Å². The summed E-state index contributed by atoms with van der Waals surface area (Å²) in [5, 5.41) is 2.89. The molecule has 0 saturated heterocycles. The molecule has 7 nitrogen and oxygen atoms in total. The van der Waals surface area contributed by atoms with Crippen LogP contribution < -0.4 is 5.32 Å². The van der Waals surface area contributed by atoms with Crippen LogP contribution in [-0.2, 0) is 28.9 Å². The third kappa shape index (κ3) is 12.6. The quantitative estimate of drug-likeness (QED) is 0.214. The minimum atomic E-state index is -4.11. The van der Waals surface area contributed by atoms with E-state index < -0.39 is 16.1 Å². The molecule has 0 atom stereocenters. The van der Waals surface area contributed by atoms with Gasteiger partial charge in [-0.2, -0.15) is 8.42 Å². The molecule has 0 fully saturated rings. The standard InChI is InChI=1S/C22H35NO6S/c1-2-3-4-5-6-7-12-17-21(24)23-19-14-9-13-18-22(25)28-29-30(26,27)20-15-10-8-11-16-20/h8,10-11,15-16H,2-7,9,12-14,17-19H2,1H3,(H,23,24). The van der Waals surface area contributed by atoms with Gasteiger partial charge in [0.25, 0.3) is 0 Å². The summed E-state index contributed by atoms with van der Waals surface area (Å²) < 4.78 is 28.0. The topological polar surface area (TPSA) is 98.8 Å². The summed E-state index contributed by atoms with van der Waals surface area (Å²) in [6.45, 7) is 2.77. The molecule has 8 heteroatoms. The number of hydrogen-bond acceptors (Lipinski definition) is 6. The highest BCUT2D eigenvalue weighted by Crippen LogP contribution is 2.12. The molecule has 0 aromatic heterocycles. The Balaban J connectivity index is 1.99. The molecule has 0 aliphatic heterocycles. The van der Waals surface area contributed by atoms with Gasteiger partial charge in [0.15, 0.2) is 0 Å². The van der Waals surface area contributed by atoms with Crippen LogP contribution in [0.25, 0.3) is 0 Å². The fourth-order valence-electron chi connectivity index (χ4n) is 2.88. The molecule has 0 aliphatic rings. The monoisotopic (exact) mass is 441 g/mol. The Kier molecular flexibility index (Phi) is 13.8. The van der Waals surface area contributed by atoms with E-state index in [2.05, 4.69) is 21.5 Å². The first-order valence-electron chi connectivity index (χ1n) is 10.9. The highest BCUT2D eigenvalue weighted by atomic mass is 32.2. The molecule has 1 N–H and O–H groups in total. The summed E-state index contributed by atoms with van der Waals surface area (Å²) in [6.07, 6.45) is 10.9. The average molecular weight is 442 g/mol. The maximum atomic E-state index is 11.8. The third-order valence-electron chi connectivity index (χ3n) is 4.64. The second kappa shape index (κ2) is 15.8. The molecule has 1 aromatic rings. The van der Waals surface area contributed by atoms with Crippen LogP contribution in [0.4, 0.5) is 0 Å². The average Bonchev–Trinajstić information content (AvgIpc) is 2.74. The van der Waals surface area contributed by atoms with Crippen LogP contribution >= 0.6 is 0 Å². The zero-order valence-corrected chi connectivity index (χ0v) is 18.8. The lowest BCUT2D eigenvalue weighted by Crippen LogP contribution is -2.24. The summed E-state index contributed by atoms with van der Waals surface area (Å²) in [5.41, 5.74) is 0. The predicted octanol–water partition coefficient (Wildman–Crippen LogP) is 4.67. The van der Waals surface area contributed by atoms with Crippen LogP contribution in [0.3, 0.4) is 0 Å². The lowest BCUT2D eigenvalue weighted by Gasteiger charge is -2.06. The molecule has 0 heterocycles. The molecule has 1 aromatic carbocycles. The van der Waals surface area contributed by atoms with Gasteiger partial charge in [-0.15, -0.1) is 0 Å². The van der Waals surface area contributed by atoms with Crippen molar-refractivity contribution in [3.8, 4) is 0 Å². The van der Waals surface area contributed by atoms with Gasteiger partial charge >= 0.3 is 16.1 Å². The molecule has 0 bridgehead atoms. The minimum Gasteiger partial charge on any atom is -0.356 e. The van der Waals surface area contributed by atoms with Crippen LogP contribution in [0.5, 0.6) is 0 Å². The van der Waals surface area contributed by atoms with Crippen molar-refractivity contribution in [2.75, 3.05) is 6.54 Å². The van der Waals surface area contributed by atoms with Crippen molar-refractivity contribution in [2.45, 2.75) is 88.9 Å². The van der Waals surface area contributed by atoms with E-state index in [4.69, 9.17) is 0 Å². The van der Waals surface area contributed by atoms with Crippen LogP contribution in [-0.4, -0.2) is 26.8 Å². The lowest BCUT2D eigenvalue weighted by molar-refractivity contribution is -0.211. The molecular weight excluding hydrogens is 406 g/mol. The van der Waals surface area contributed by atoms with Gasteiger partial charge in [0, 0.05) is 19.4 Å². The Hall–Kier alpha value is -1.93. The zero-order valence-electron chi connectivity index (χ0n) is 17.9. The first-order valence-corrected chi connectivity index (χ1v) is 12.3. The SMILES string of the molecule is CCCCCCCCCC(=O)NCCCCCC(=O)OOS(=O)(=O)c1ccccc1. The van der Waals surface area contributed by atoms with Crippen molar-refractivity contribution in [1.29, 1.82) is 0 Å². The minimum absolute atomic E-state index is 0.0519. The third-order valence-corrected chi connectivity index (χ3v) is 5.73. The Morgan fingerprint density at radius 2 is 1.43 bits per heavy atom. The van der Waals surface area contributed by atoms with Crippen molar-refractivity contribution in [2.24, 2.45) is 0 Å². The Bertz CT molecular complexity index is 706. The van der Waals surface area contributed by atoms with Crippen LogP contribution in [0.15, 0.2) is 35.2 Å². The number of hydrogen-bond donors (Lipinski definition) is 1. The Morgan fingerprint density at radius 1 is 0.833 bits per heavy atom. The van der Waals surface area contributed by atoms with Gasteiger partial charge in [-0.1, -0.05) is 70.1 Å². The molecular formula is C22H35NO6S. The van der Waals surface area contributed by atoms with Gasteiger partial charge in [-0.25, -0.2) is 4.79 Å². The second-order valence-corrected chi connectivity index (χ2v) is 8.84. The number of carbonyl (C=O) groups excluding carboxylic acids is 2. The smallest absolute Gasteiger partial charge is 0.343 e. The molecule has 30 heavy (non-hydrogen) atoms. The van der Waals surface area contributed by atoms with Gasteiger partial charge in [0.05, 0.1) is 4.90 Å². The van der Waals surface area contributed by atoms with E-state index in [0.717, 1.165) is 25.7 Å². The highest BCUT2D eigenvalue weighted by Gasteiger charge is 2.18. The maximum Gasteiger partial charge on any atom is 0.343 e. The summed E-state index contributed by atoms with van der Waals surface area (Å²) in [5.74, 6) is -0.667. The van der Waals surface area contributed by atoms with E-state index in [9.17, 15) is 18.0 Å². The first kappa shape index (κ1) is 26.1. The van der Waals surface area contributed by atoms with Crippen molar-refractivity contribution in [1.82, 2.24) is 5.32 Å². The van der Waals surface area contributed by atoms with Gasteiger partial charge < -0.3 is 5.32 Å². The molecule has 0 spiro atoms. The summed E-state index contributed by atoms with van der Waals surface area (Å²) >= 11 is 0. The number of carbonyl (C=O) groups is 2. The van der Waals surface area contributed by atoms with E-state index in [1.165, 1.54) is 44.2 Å². The molecule has 1 amide bonds. The van der Waals surface area contributed by atoms with Gasteiger partial charge in [0.2, 0.25) is 5.91 Å². The van der Waals surface area contributed by atoms with Crippen LogP contribution in [0.1, 0.15) is 84.0 Å². The molecule has 170 valence electrons. The number of nitrogens with one attached hydrogen (secondary N) is 1. The zero-order chi connectivity index (χ0) is 22.1. The number of rotatable bonds is 17. The Labute approximate surface area is 180 Å². The number of unbranched alkanes of at least 4 members (excludes halogenated alkanes) is 8. The van der Waals surface area contributed by atoms with Crippen LogP contribution in [0, 0.1) is 0 Å². The predicted molar refractivity (Wildman–Crippen MR) is 115 cm³/mol. The fourth-order valence-corrected chi connectivity index (χ4v) is 3.62. The summed E-state index contributed by atoms with van der Waals surface area (Å²) in [6, 6.07) is 7.47.